The molecular weight excluding hydrogens is 239 g/mol. The number of nitrogens with zero attached hydrogens (tertiary/aromatic N) is 2. The second-order valence-corrected chi connectivity index (χ2v) is 6.21. The molecule has 2 aromatic heterocycles. The summed E-state index contributed by atoms with van der Waals surface area (Å²) < 4.78 is 14.2. The molecule has 1 saturated heterocycles. The second-order valence-electron chi connectivity index (χ2n) is 6.21. The Bertz CT molecular complexity index is 617. The lowest BCUT2D eigenvalue weighted by Crippen LogP contribution is -2.41. The van der Waals surface area contributed by atoms with Crippen LogP contribution in [0.5, 0.6) is 0 Å². The number of imidazole rings is 1. The van der Waals surface area contributed by atoms with Crippen LogP contribution in [0.2, 0.25) is 0 Å². The molecule has 0 aliphatic carbocycles. The molecule has 0 amide bonds. The number of rotatable bonds is 1. The minimum absolute atomic E-state index is 0.328. The third-order valence-corrected chi connectivity index (χ3v) is 4.18. The van der Waals surface area contributed by atoms with Crippen molar-refractivity contribution in [3.8, 4) is 0 Å². The molecule has 100 valence electrons. The lowest BCUT2D eigenvalue weighted by Gasteiger charge is -2.32. The van der Waals surface area contributed by atoms with Gasteiger partial charge in [0.05, 0.1) is 16.8 Å². The molecule has 0 atom stereocenters. The Kier molecular flexibility index (Phi) is 2.56. The highest BCUT2D eigenvalue weighted by molar-refractivity contribution is 6.61. The number of aromatic nitrogens is 2. The molecule has 0 spiro atoms. The third-order valence-electron chi connectivity index (χ3n) is 4.18. The summed E-state index contributed by atoms with van der Waals surface area (Å²) in [7, 11) is -0.373. The fourth-order valence-corrected chi connectivity index (χ4v) is 2.24. The summed E-state index contributed by atoms with van der Waals surface area (Å²) in [5.41, 5.74) is 2.38. The van der Waals surface area contributed by atoms with Gasteiger partial charge in [-0.1, -0.05) is 6.07 Å². The molecule has 2 aromatic rings. The van der Waals surface area contributed by atoms with Crippen molar-refractivity contribution in [3.05, 3.63) is 30.1 Å². The van der Waals surface area contributed by atoms with Gasteiger partial charge in [-0.3, -0.25) is 0 Å². The molecule has 1 fully saturated rings. The van der Waals surface area contributed by atoms with Gasteiger partial charge in [-0.2, -0.15) is 0 Å². The van der Waals surface area contributed by atoms with E-state index in [1.54, 1.807) is 0 Å². The van der Waals surface area contributed by atoms with Crippen LogP contribution in [0.25, 0.3) is 5.65 Å². The molecule has 5 heteroatoms. The van der Waals surface area contributed by atoms with E-state index in [1.165, 1.54) is 5.56 Å². The molecule has 19 heavy (non-hydrogen) atoms. The topological polar surface area (TPSA) is 35.8 Å². The van der Waals surface area contributed by atoms with Gasteiger partial charge in [0, 0.05) is 12.4 Å². The van der Waals surface area contributed by atoms with Crippen LogP contribution in [0.4, 0.5) is 0 Å². The van der Waals surface area contributed by atoms with Crippen molar-refractivity contribution in [2.45, 2.75) is 45.8 Å². The van der Waals surface area contributed by atoms with E-state index >= 15 is 0 Å². The van der Waals surface area contributed by atoms with Gasteiger partial charge in [0.1, 0.15) is 5.65 Å². The number of aryl methyl sites for hydroxylation is 1. The van der Waals surface area contributed by atoms with Gasteiger partial charge in [-0.05, 0) is 46.2 Å². The number of hydrogen-bond acceptors (Lipinski definition) is 3. The van der Waals surface area contributed by atoms with E-state index in [0.717, 1.165) is 11.2 Å². The van der Waals surface area contributed by atoms with Crippen molar-refractivity contribution in [1.82, 2.24) is 9.38 Å². The van der Waals surface area contributed by atoms with Gasteiger partial charge in [-0.25, -0.2) is 4.98 Å². The number of pyridine rings is 1. The fourth-order valence-electron chi connectivity index (χ4n) is 2.24. The van der Waals surface area contributed by atoms with Gasteiger partial charge in [0.15, 0.2) is 0 Å². The second kappa shape index (κ2) is 3.84. The maximum Gasteiger partial charge on any atom is 0.514 e. The van der Waals surface area contributed by atoms with Gasteiger partial charge in [0.2, 0.25) is 0 Å². The molecule has 1 aliphatic rings. The quantitative estimate of drug-likeness (QED) is 0.733. The highest BCUT2D eigenvalue weighted by atomic mass is 16.7. The van der Waals surface area contributed by atoms with Crippen LogP contribution in [-0.4, -0.2) is 27.7 Å². The van der Waals surface area contributed by atoms with E-state index in [2.05, 4.69) is 51.9 Å². The standard InChI is InChI=1S/C14H19BN2O2/c1-10-6-7-12-16-8-11(17(12)9-10)15-18-13(2,3)14(4,5)19-15/h6-9H,1-5H3. The van der Waals surface area contributed by atoms with E-state index < -0.39 is 0 Å². The van der Waals surface area contributed by atoms with Crippen molar-refractivity contribution in [2.75, 3.05) is 0 Å². The molecule has 0 radical (unpaired) electrons. The first-order chi connectivity index (χ1) is 8.80. The Morgan fingerprint density at radius 1 is 1.11 bits per heavy atom. The molecule has 0 bridgehead atoms. The molecule has 0 N–H and O–H groups in total. The highest BCUT2D eigenvalue weighted by Gasteiger charge is 2.52. The SMILES string of the molecule is Cc1ccc2ncc(B3OC(C)(C)C(C)(C)O3)n2c1. The molecule has 3 heterocycles. The van der Waals surface area contributed by atoms with Crippen LogP contribution in [0.3, 0.4) is 0 Å². The average molecular weight is 258 g/mol. The van der Waals surface area contributed by atoms with E-state index in [9.17, 15) is 0 Å². The summed E-state index contributed by atoms with van der Waals surface area (Å²) >= 11 is 0. The van der Waals surface area contributed by atoms with Crippen LogP contribution in [0.15, 0.2) is 24.5 Å². The zero-order valence-corrected chi connectivity index (χ0v) is 12.1. The van der Waals surface area contributed by atoms with E-state index in [1.807, 2.05) is 16.7 Å². The smallest absolute Gasteiger partial charge is 0.398 e. The Labute approximate surface area is 113 Å². The first-order valence-corrected chi connectivity index (χ1v) is 6.59. The Balaban J connectivity index is 2.05. The summed E-state index contributed by atoms with van der Waals surface area (Å²) in [5.74, 6) is 0. The maximum absolute atomic E-state index is 6.07. The van der Waals surface area contributed by atoms with Gasteiger partial charge >= 0.3 is 7.12 Å². The van der Waals surface area contributed by atoms with Gasteiger partial charge in [0.25, 0.3) is 0 Å². The molecule has 4 nitrogen and oxygen atoms in total. The number of hydrogen-bond donors (Lipinski definition) is 0. The molecule has 0 saturated carbocycles. The minimum atomic E-state index is -0.373. The van der Waals surface area contributed by atoms with Crippen molar-refractivity contribution < 1.29 is 9.31 Å². The van der Waals surface area contributed by atoms with Crippen molar-refractivity contribution in [2.24, 2.45) is 0 Å². The van der Waals surface area contributed by atoms with Crippen molar-refractivity contribution in [1.29, 1.82) is 0 Å². The first-order valence-electron chi connectivity index (χ1n) is 6.59. The van der Waals surface area contributed by atoms with Gasteiger partial charge < -0.3 is 13.7 Å². The maximum atomic E-state index is 6.07. The Morgan fingerprint density at radius 2 is 1.74 bits per heavy atom. The number of fused-ring (bicyclic) bond motifs is 1. The summed E-state index contributed by atoms with van der Waals surface area (Å²) in [6, 6.07) is 4.06. The van der Waals surface area contributed by atoms with Crippen LogP contribution < -0.4 is 5.59 Å². The average Bonchev–Trinajstić information content (AvgIpc) is 2.77. The normalized spacial score (nSPS) is 21.2. The summed E-state index contributed by atoms with van der Waals surface area (Å²) in [5, 5.41) is 0. The lowest BCUT2D eigenvalue weighted by atomic mass is 9.85. The van der Waals surface area contributed by atoms with Crippen LogP contribution in [0.1, 0.15) is 33.3 Å². The fraction of sp³-hybridized carbons (Fsp3) is 0.500. The zero-order valence-electron chi connectivity index (χ0n) is 12.1. The van der Waals surface area contributed by atoms with Crippen molar-refractivity contribution >= 4 is 18.4 Å². The monoisotopic (exact) mass is 258 g/mol. The largest absolute Gasteiger partial charge is 0.514 e. The molecular formula is C14H19BN2O2. The molecule has 1 aliphatic heterocycles. The summed E-state index contributed by atoms with van der Waals surface area (Å²) in [6.07, 6.45) is 3.89. The summed E-state index contributed by atoms with van der Waals surface area (Å²) in [4.78, 5) is 4.40. The van der Waals surface area contributed by atoms with Gasteiger partial charge in [-0.15, -0.1) is 0 Å². The van der Waals surface area contributed by atoms with E-state index in [0.29, 0.717) is 0 Å². The zero-order chi connectivity index (χ0) is 13.8. The predicted octanol–water partition coefficient (Wildman–Crippen LogP) is 1.94. The van der Waals surface area contributed by atoms with Crippen LogP contribution in [0, 0.1) is 6.92 Å². The van der Waals surface area contributed by atoms with Crippen molar-refractivity contribution in [3.63, 3.8) is 0 Å². The molecule has 3 rings (SSSR count). The van der Waals surface area contributed by atoms with E-state index in [4.69, 9.17) is 9.31 Å². The minimum Gasteiger partial charge on any atom is -0.398 e. The predicted molar refractivity (Wildman–Crippen MR) is 75.6 cm³/mol. The van der Waals surface area contributed by atoms with E-state index in [-0.39, 0.29) is 18.3 Å². The molecule has 0 unspecified atom stereocenters. The molecule has 0 aromatic carbocycles. The highest BCUT2D eigenvalue weighted by Crippen LogP contribution is 2.36. The van der Waals surface area contributed by atoms with Crippen LogP contribution in [-0.2, 0) is 9.31 Å². The third kappa shape index (κ3) is 1.88. The first kappa shape index (κ1) is 12.7. The van der Waals surface area contributed by atoms with Crippen LogP contribution >= 0.6 is 0 Å². The summed E-state index contributed by atoms with van der Waals surface area (Å²) in [6.45, 7) is 10.3. The Hall–Kier alpha value is -1.33. The lowest BCUT2D eigenvalue weighted by molar-refractivity contribution is 0.00578. The Morgan fingerprint density at radius 3 is 2.37 bits per heavy atom.